The van der Waals surface area contributed by atoms with Gasteiger partial charge in [0.25, 0.3) is 11.8 Å². The highest BCUT2D eigenvalue weighted by Gasteiger charge is 2.42. The minimum atomic E-state index is -4.78. The minimum absolute atomic E-state index is 0.00151. The molecule has 1 atom stereocenters. The van der Waals surface area contributed by atoms with Gasteiger partial charge in [-0.1, -0.05) is 64.9 Å². The van der Waals surface area contributed by atoms with E-state index in [4.69, 9.17) is 9.05 Å². The average molecular weight is 444 g/mol. The number of hydrogen-bond donors (Lipinski definition) is 2. The van der Waals surface area contributed by atoms with E-state index in [0.29, 0.717) is 11.1 Å². The fraction of sp³-hybridized carbons (Fsp3) is 0.143. The van der Waals surface area contributed by atoms with Crippen LogP contribution in [0.15, 0.2) is 63.6 Å². The van der Waals surface area contributed by atoms with Crippen molar-refractivity contribution in [3.8, 4) is 34.3 Å². The molecule has 2 aromatic carbocycles. The van der Waals surface area contributed by atoms with Gasteiger partial charge in [0.05, 0.1) is 0 Å². The molecule has 0 bridgehead atoms. The summed E-state index contributed by atoms with van der Waals surface area (Å²) in [5.74, 6) is -1.51. The summed E-state index contributed by atoms with van der Waals surface area (Å²) in [7, 11) is 1.39. The number of aliphatic hydroxyl groups excluding tert-OH is 1. The maximum absolute atomic E-state index is 13.8. The summed E-state index contributed by atoms with van der Waals surface area (Å²) >= 11 is 0. The molecule has 0 radical (unpaired) electrons. The molecule has 8 nitrogen and oxygen atoms in total. The van der Waals surface area contributed by atoms with E-state index in [1.165, 1.54) is 43.4 Å². The van der Waals surface area contributed by atoms with E-state index in [1.54, 1.807) is 18.2 Å². The molecule has 2 aromatic heterocycles. The quantitative estimate of drug-likeness (QED) is 0.480. The van der Waals surface area contributed by atoms with Crippen LogP contribution in [0.4, 0.5) is 13.2 Å². The van der Waals surface area contributed by atoms with Crippen LogP contribution < -0.4 is 5.32 Å². The van der Waals surface area contributed by atoms with Gasteiger partial charge in [-0.2, -0.15) is 18.2 Å². The highest BCUT2D eigenvalue weighted by molar-refractivity contribution is 5.81. The zero-order chi connectivity index (χ0) is 22.9. The lowest BCUT2D eigenvalue weighted by molar-refractivity contribution is -0.137. The highest BCUT2D eigenvalue weighted by atomic mass is 19.4. The van der Waals surface area contributed by atoms with Crippen molar-refractivity contribution in [1.82, 2.24) is 20.6 Å². The molecule has 0 saturated heterocycles. The summed E-state index contributed by atoms with van der Waals surface area (Å²) in [6.07, 6.45) is -6.15. The first-order valence-electron chi connectivity index (χ1n) is 9.26. The molecule has 32 heavy (non-hydrogen) atoms. The van der Waals surface area contributed by atoms with Crippen molar-refractivity contribution in [2.75, 3.05) is 7.05 Å². The van der Waals surface area contributed by atoms with E-state index in [0.717, 1.165) is 0 Å². The van der Waals surface area contributed by atoms with Gasteiger partial charge in [-0.15, -0.1) is 0 Å². The fourth-order valence-corrected chi connectivity index (χ4v) is 3.03. The topological polar surface area (TPSA) is 114 Å². The summed E-state index contributed by atoms with van der Waals surface area (Å²) in [6, 6.07) is 13.7. The van der Waals surface area contributed by atoms with E-state index in [9.17, 15) is 23.1 Å². The van der Waals surface area contributed by atoms with Gasteiger partial charge < -0.3 is 19.5 Å². The number of benzene rings is 2. The molecule has 0 aliphatic rings. The largest absolute Gasteiger partial charge is 0.422 e. The molecular formula is C21H15F3N4O4. The Balaban J connectivity index is 1.69. The Morgan fingerprint density at radius 1 is 1.00 bits per heavy atom. The number of likely N-dealkylation sites (N-methyl/N-ethyl adjacent to an activating group) is 1. The smallest absolute Gasteiger partial charge is 0.378 e. The van der Waals surface area contributed by atoms with Crippen LogP contribution in [0.25, 0.3) is 34.3 Å². The lowest BCUT2D eigenvalue weighted by atomic mass is 10.1. The SMILES string of the molecule is CNC(=O)C(O)c1ccc(-c2noc(-c3noc(-c4ccccc4)c3C(F)(F)F)n2)cc1. The Kier molecular flexibility index (Phi) is 5.49. The van der Waals surface area contributed by atoms with Gasteiger partial charge in [0, 0.05) is 18.2 Å². The predicted octanol–water partition coefficient (Wildman–Crippen LogP) is 3.86. The van der Waals surface area contributed by atoms with Crippen LogP contribution in [-0.4, -0.2) is 33.4 Å². The molecule has 0 saturated carbocycles. The molecule has 11 heteroatoms. The summed E-state index contributed by atoms with van der Waals surface area (Å²) in [5, 5.41) is 19.5. The summed E-state index contributed by atoms with van der Waals surface area (Å²) in [5.41, 5.74) is -0.832. The van der Waals surface area contributed by atoms with E-state index in [2.05, 4.69) is 20.6 Å². The number of nitrogens with zero attached hydrogens (tertiary/aromatic N) is 3. The van der Waals surface area contributed by atoms with Gasteiger partial charge in [-0.3, -0.25) is 4.79 Å². The van der Waals surface area contributed by atoms with Crippen LogP contribution in [0.2, 0.25) is 0 Å². The van der Waals surface area contributed by atoms with Gasteiger partial charge in [0.1, 0.15) is 5.56 Å². The monoisotopic (exact) mass is 444 g/mol. The standard InChI is InChI=1S/C21H15F3N4O4/c1-25-19(30)16(29)11-7-9-13(10-8-11)18-26-20(32-28-18)15-14(21(22,23)24)17(31-27-15)12-5-3-2-4-6-12/h2-10,16,29H,1H3,(H,25,30). The molecule has 0 aliphatic heterocycles. The summed E-state index contributed by atoms with van der Waals surface area (Å²) in [4.78, 5) is 15.6. The van der Waals surface area contributed by atoms with Crippen molar-refractivity contribution in [2.45, 2.75) is 12.3 Å². The molecule has 0 spiro atoms. The number of hydrogen-bond acceptors (Lipinski definition) is 7. The third kappa shape index (κ3) is 3.97. The van der Waals surface area contributed by atoms with E-state index in [-0.39, 0.29) is 11.4 Å². The Hall–Kier alpha value is -3.99. The van der Waals surface area contributed by atoms with Crippen LogP contribution in [0.3, 0.4) is 0 Å². The van der Waals surface area contributed by atoms with Crippen LogP contribution in [0, 0.1) is 0 Å². The third-order valence-corrected chi connectivity index (χ3v) is 4.62. The molecule has 0 fully saturated rings. The van der Waals surface area contributed by atoms with Gasteiger partial charge >= 0.3 is 6.18 Å². The van der Waals surface area contributed by atoms with Crippen LogP contribution in [0.5, 0.6) is 0 Å². The summed E-state index contributed by atoms with van der Waals surface area (Å²) < 4.78 is 51.5. The first-order valence-corrected chi connectivity index (χ1v) is 9.26. The maximum atomic E-state index is 13.8. The number of nitrogens with one attached hydrogen (secondary N) is 1. The lowest BCUT2D eigenvalue weighted by Crippen LogP contribution is -2.25. The van der Waals surface area contributed by atoms with E-state index >= 15 is 0 Å². The fourth-order valence-electron chi connectivity index (χ4n) is 3.03. The molecule has 0 aliphatic carbocycles. The number of carbonyl (C=O) groups excluding carboxylic acids is 1. The molecule has 2 N–H and O–H groups in total. The van der Waals surface area contributed by atoms with Gasteiger partial charge in [0.2, 0.25) is 5.82 Å². The van der Waals surface area contributed by atoms with Crippen molar-refractivity contribution < 1.29 is 32.1 Å². The second-order valence-corrected chi connectivity index (χ2v) is 6.66. The van der Waals surface area contributed by atoms with Crippen molar-refractivity contribution in [1.29, 1.82) is 0 Å². The van der Waals surface area contributed by atoms with Gasteiger partial charge in [0.15, 0.2) is 17.6 Å². The lowest BCUT2D eigenvalue weighted by Gasteiger charge is -2.09. The van der Waals surface area contributed by atoms with E-state index < -0.39 is 41.1 Å². The molecule has 164 valence electrons. The van der Waals surface area contributed by atoms with Crippen molar-refractivity contribution in [3.63, 3.8) is 0 Å². The Morgan fingerprint density at radius 2 is 1.69 bits per heavy atom. The predicted molar refractivity (Wildman–Crippen MR) is 105 cm³/mol. The van der Waals surface area contributed by atoms with Crippen LogP contribution in [-0.2, 0) is 11.0 Å². The normalized spacial score (nSPS) is 12.5. The molecule has 4 rings (SSSR count). The molecule has 4 aromatic rings. The summed E-state index contributed by atoms with van der Waals surface area (Å²) in [6.45, 7) is 0. The van der Waals surface area contributed by atoms with Gasteiger partial charge in [-0.05, 0) is 5.56 Å². The minimum Gasteiger partial charge on any atom is -0.378 e. The zero-order valence-corrected chi connectivity index (χ0v) is 16.4. The second kappa shape index (κ2) is 8.27. The zero-order valence-electron chi connectivity index (χ0n) is 16.4. The second-order valence-electron chi connectivity index (χ2n) is 6.66. The number of alkyl halides is 3. The first kappa shape index (κ1) is 21.2. The molecule has 1 amide bonds. The number of halogens is 3. The van der Waals surface area contributed by atoms with E-state index in [1.807, 2.05) is 0 Å². The van der Waals surface area contributed by atoms with Gasteiger partial charge in [-0.25, -0.2) is 0 Å². The number of aromatic nitrogens is 3. The Bertz CT molecular complexity index is 1230. The van der Waals surface area contributed by atoms with Crippen LogP contribution in [0.1, 0.15) is 17.2 Å². The Morgan fingerprint density at radius 3 is 2.31 bits per heavy atom. The Labute approximate surface area is 178 Å². The van der Waals surface area contributed by atoms with Crippen molar-refractivity contribution in [3.05, 3.63) is 65.7 Å². The highest BCUT2D eigenvalue weighted by Crippen LogP contribution is 2.43. The molecular weight excluding hydrogens is 429 g/mol. The first-order chi connectivity index (χ1) is 15.3. The third-order valence-electron chi connectivity index (χ3n) is 4.62. The average Bonchev–Trinajstić information content (AvgIpc) is 3.46. The van der Waals surface area contributed by atoms with Crippen molar-refractivity contribution >= 4 is 5.91 Å². The molecule has 2 heterocycles. The number of rotatable bonds is 5. The molecule has 1 unspecified atom stereocenters. The van der Waals surface area contributed by atoms with Crippen LogP contribution >= 0.6 is 0 Å². The maximum Gasteiger partial charge on any atom is 0.422 e. The number of aliphatic hydroxyl groups is 1. The number of carbonyl (C=O) groups is 1. The van der Waals surface area contributed by atoms with Crippen molar-refractivity contribution in [2.24, 2.45) is 0 Å². The number of amides is 1.